The van der Waals surface area contributed by atoms with Crippen molar-refractivity contribution in [2.24, 2.45) is 0 Å². The first-order valence-corrected chi connectivity index (χ1v) is 10.8. The highest BCUT2D eigenvalue weighted by atomic mass is 32.1. The van der Waals surface area contributed by atoms with Gasteiger partial charge in [-0.05, 0) is 31.0 Å². The molecule has 2 aromatic carbocycles. The molecule has 0 aliphatic rings. The van der Waals surface area contributed by atoms with Gasteiger partial charge in [0.05, 0.1) is 5.39 Å². The predicted octanol–water partition coefficient (Wildman–Crippen LogP) is 5.52. The van der Waals surface area contributed by atoms with E-state index >= 15 is 0 Å². The van der Waals surface area contributed by atoms with Crippen LogP contribution in [0.4, 0.5) is 11.5 Å². The maximum atomic E-state index is 12.5. The number of thiophene rings is 1. The van der Waals surface area contributed by atoms with E-state index in [4.69, 9.17) is 0 Å². The SMILES string of the molecule is Cc1sc2ncnc(NCCCC(=O)N(C)c3ccccc3)c2c1-c1ccccc1. The molecule has 152 valence electrons. The molecule has 2 heterocycles. The topological polar surface area (TPSA) is 58.1 Å². The second kappa shape index (κ2) is 9.05. The van der Waals surface area contributed by atoms with Crippen molar-refractivity contribution in [3.63, 3.8) is 0 Å². The van der Waals surface area contributed by atoms with Crippen molar-refractivity contribution >= 4 is 39.0 Å². The summed E-state index contributed by atoms with van der Waals surface area (Å²) in [6.07, 6.45) is 2.80. The second-order valence-electron chi connectivity index (χ2n) is 7.12. The molecule has 0 radical (unpaired) electrons. The van der Waals surface area contributed by atoms with Crippen LogP contribution in [-0.2, 0) is 4.79 Å². The van der Waals surface area contributed by atoms with Crippen LogP contribution in [0.1, 0.15) is 17.7 Å². The lowest BCUT2D eigenvalue weighted by atomic mass is 10.0. The van der Waals surface area contributed by atoms with Crippen molar-refractivity contribution in [1.82, 2.24) is 9.97 Å². The summed E-state index contributed by atoms with van der Waals surface area (Å²) in [6, 6.07) is 20.1. The van der Waals surface area contributed by atoms with Gasteiger partial charge in [-0.2, -0.15) is 0 Å². The number of amides is 1. The highest BCUT2D eigenvalue weighted by Gasteiger charge is 2.16. The Hall–Kier alpha value is -3.25. The van der Waals surface area contributed by atoms with Gasteiger partial charge in [-0.15, -0.1) is 11.3 Å². The molecule has 0 bridgehead atoms. The lowest BCUT2D eigenvalue weighted by Crippen LogP contribution is -2.26. The van der Waals surface area contributed by atoms with E-state index in [1.807, 2.05) is 55.6 Å². The van der Waals surface area contributed by atoms with Gasteiger partial charge in [0, 0.05) is 36.1 Å². The van der Waals surface area contributed by atoms with E-state index in [0.29, 0.717) is 13.0 Å². The van der Waals surface area contributed by atoms with Gasteiger partial charge in [-0.25, -0.2) is 9.97 Å². The normalized spacial score (nSPS) is 10.9. The third-order valence-corrected chi connectivity index (χ3v) is 6.12. The lowest BCUT2D eigenvalue weighted by Gasteiger charge is -2.17. The Morgan fingerprint density at radius 1 is 1.03 bits per heavy atom. The summed E-state index contributed by atoms with van der Waals surface area (Å²) in [4.78, 5) is 25.4. The van der Waals surface area contributed by atoms with Gasteiger partial charge >= 0.3 is 0 Å². The molecule has 0 saturated heterocycles. The Morgan fingerprint density at radius 3 is 2.47 bits per heavy atom. The van der Waals surface area contributed by atoms with Gasteiger partial charge in [0.15, 0.2) is 0 Å². The fourth-order valence-electron chi connectivity index (χ4n) is 3.54. The minimum absolute atomic E-state index is 0.104. The van der Waals surface area contributed by atoms with Gasteiger partial charge in [0.25, 0.3) is 0 Å². The van der Waals surface area contributed by atoms with Crippen molar-refractivity contribution in [3.05, 3.63) is 71.9 Å². The van der Waals surface area contributed by atoms with Gasteiger partial charge in [0.1, 0.15) is 17.0 Å². The molecule has 5 nitrogen and oxygen atoms in total. The smallest absolute Gasteiger partial charge is 0.226 e. The zero-order valence-electron chi connectivity index (χ0n) is 17.1. The largest absolute Gasteiger partial charge is 0.369 e. The molecule has 0 unspecified atom stereocenters. The number of carbonyl (C=O) groups is 1. The zero-order valence-corrected chi connectivity index (χ0v) is 17.9. The molecule has 4 aromatic rings. The van der Waals surface area contributed by atoms with E-state index in [9.17, 15) is 4.79 Å². The minimum atomic E-state index is 0.104. The standard InChI is InChI=1S/C24H24N4OS/c1-17-21(18-10-5-3-6-11-18)22-23(26-16-27-24(22)30-17)25-15-9-14-20(29)28(2)19-12-7-4-8-13-19/h3-8,10-13,16H,9,14-15H2,1-2H3,(H,25,26,27). The van der Waals surface area contributed by atoms with Crippen LogP contribution in [0.5, 0.6) is 0 Å². The number of nitrogens with one attached hydrogen (secondary N) is 1. The maximum Gasteiger partial charge on any atom is 0.226 e. The summed E-state index contributed by atoms with van der Waals surface area (Å²) in [5, 5.41) is 4.48. The third-order valence-electron chi connectivity index (χ3n) is 5.10. The number of rotatable bonds is 7. The van der Waals surface area contributed by atoms with Gasteiger partial charge in [-0.1, -0.05) is 48.5 Å². The molecule has 0 fully saturated rings. The monoisotopic (exact) mass is 416 g/mol. The Labute approximate surface area is 180 Å². The van der Waals surface area contributed by atoms with Crippen LogP contribution in [0.15, 0.2) is 67.0 Å². The summed E-state index contributed by atoms with van der Waals surface area (Å²) in [5.74, 6) is 0.930. The molecule has 4 rings (SSSR count). The van der Waals surface area contributed by atoms with E-state index in [-0.39, 0.29) is 5.91 Å². The Kier molecular flexibility index (Phi) is 6.05. The van der Waals surface area contributed by atoms with Crippen LogP contribution in [0.3, 0.4) is 0 Å². The summed E-state index contributed by atoms with van der Waals surface area (Å²) in [6.45, 7) is 2.79. The Balaban J connectivity index is 1.45. The molecular formula is C24H24N4OS. The summed E-state index contributed by atoms with van der Waals surface area (Å²) < 4.78 is 0. The number of para-hydroxylation sites is 1. The van der Waals surface area contributed by atoms with Gasteiger partial charge in [0.2, 0.25) is 5.91 Å². The fraction of sp³-hybridized carbons (Fsp3) is 0.208. The molecule has 1 N–H and O–H groups in total. The van der Waals surface area contributed by atoms with Crippen LogP contribution in [0.25, 0.3) is 21.3 Å². The van der Waals surface area contributed by atoms with Crippen molar-refractivity contribution in [3.8, 4) is 11.1 Å². The van der Waals surface area contributed by atoms with Crippen molar-refractivity contribution < 1.29 is 4.79 Å². The summed E-state index contributed by atoms with van der Waals surface area (Å²) >= 11 is 1.68. The third kappa shape index (κ3) is 4.19. The molecule has 0 atom stereocenters. The molecular weight excluding hydrogens is 392 g/mol. The zero-order chi connectivity index (χ0) is 20.9. The number of fused-ring (bicyclic) bond motifs is 1. The molecule has 0 spiro atoms. The Bertz CT molecular complexity index is 1140. The van der Waals surface area contributed by atoms with Gasteiger partial charge < -0.3 is 10.2 Å². The summed E-state index contributed by atoms with van der Waals surface area (Å²) in [5.41, 5.74) is 3.26. The first kappa shape index (κ1) is 20.0. The highest BCUT2D eigenvalue weighted by molar-refractivity contribution is 7.19. The first-order valence-electron chi connectivity index (χ1n) is 10.00. The van der Waals surface area contributed by atoms with Gasteiger partial charge in [-0.3, -0.25) is 4.79 Å². The Morgan fingerprint density at radius 2 is 1.73 bits per heavy atom. The van der Waals surface area contributed by atoms with E-state index in [1.165, 1.54) is 16.0 Å². The van der Waals surface area contributed by atoms with E-state index in [1.54, 1.807) is 22.6 Å². The number of anilines is 2. The van der Waals surface area contributed by atoms with E-state index < -0.39 is 0 Å². The molecule has 30 heavy (non-hydrogen) atoms. The number of hydrogen-bond acceptors (Lipinski definition) is 5. The number of hydrogen-bond donors (Lipinski definition) is 1. The van der Waals surface area contributed by atoms with Crippen molar-refractivity contribution in [1.29, 1.82) is 0 Å². The average molecular weight is 417 g/mol. The average Bonchev–Trinajstić information content (AvgIpc) is 3.13. The number of carbonyl (C=O) groups excluding carboxylic acids is 1. The van der Waals surface area contributed by atoms with E-state index in [2.05, 4.69) is 34.3 Å². The molecule has 0 aliphatic carbocycles. The molecule has 6 heteroatoms. The maximum absolute atomic E-state index is 12.5. The summed E-state index contributed by atoms with van der Waals surface area (Å²) in [7, 11) is 1.82. The molecule has 0 aliphatic heterocycles. The molecule has 2 aromatic heterocycles. The molecule has 1 amide bonds. The number of aromatic nitrogens is 2. The predicted molar refractivity (Wildman–Crippen MR) is 125 cm³/mol. The molecule has 0 saturated carbocycles. The number of nitrogens with zero attached hydrogens (tertiary/aromatic N) is 3. The van der Waals surface area contributed by atoms with Crippen LogP contribution in [-0.4, -0.2) is 29.5 Å². The van der Waals surface area contributed by atoms with Crippen LogP contribution >= 0.6 is 11.3 Å². The second-order valence-corrected chi connectivity index (χ2v) is 8.32. The fourth-order valence-corrected chi connectivity index (χ4v) is 4.55. The number of benzene rings is 2. The van der Waals surface area contributed by atoms with Crippen LogP contribution in [0.2, 0.25) is 0 Å². The van der Waals surface area contributed by atoms with Crippen molar-refractivity contribution in [2.45, 2.75) is 19.8 Å². The first-order chi connectivity index (χ1) is 14.6. The highest BCUT2D eigenvalue weighted by Crippen LogP contribution is 2.40. The minimum Gasteiger partial charge on any atom is -0.369 e. The quantitative estimate of drug-likeness (QED) is 0.403. The van der Waals surface area contributed by atoms with E-state index in [0.717, 1.165) is 28.1 Å². The van der Waals surface area contributed by atoms with Crippen LogP contribution < -0.4 is 10.2 Å². The lowest BCUT2D eigenvalue weighted by molar-refractivity contribution is -0.118. The van der Waals surface area contributed by atoms with Crippen LogP contribution in [0, 0.1) is 6.92 Å². The van der Waals surface area contributed by atoms with Crippen molar-refractivity contribution in [2.75, 3.05) is 23.8 Å². The number of aryl methyl sites for hydroxylation is 1.